The molecule has 0 aromatic heterocycles. The summed E-state index contributed by atoms with van der Waals surface area (Å²) in [6.07, 6.45) is 0. The number of benzene rings is 2. The third-order valence-electron chi connectivity index (χ3n) is 3.51. The average molecular weight is 399 g/mol. The maximum atomic E-state index is 13.4. The first-order valence-corrected chi connectivity index (χ1v) is 7.96. The van der Waals surface area contributed by atoms with Gasteiger partial charge in [-0.1, -0.05) is 13.3 Å². The van der Waals surface area contributed by atoms with Crippen molar-refractivity contribution in [3.8, 4) is 23.7 Å². The van der Waals surface area contributed by atoms with Crippen LogP contribution in [-0.2, 0) is 4.79 Å². The van der Waals surface area contributed by atoms with Crippen LogP contribution < -0.4 is 16.5 Å². The lowest BCUT2D eigenvalue weighted by Crippen LogP contribution is -2.50. The Hall–Kier alpha value is -3.72. The number of rotatable bonds is 4. The monoisotopic (exact) mass is 399 g/mol. The van der Waals surface area contributed by atoms with E-state index in [4.69, 9.17) is 10.9 Å². The molecule has 5 N–H and O–H groups in total. The molecular formula is C21H19F2N3O3. The number of amides is 2. The van der Waals surface area contributed by atoms with E-state index < -0.39 is 29.5 Å². The second kappa shape index (κ2) is 11.2. The molecule has 0 bridgehead atoms. The van der Waals surface area contributed by atoms with Gasteiger partial charge in [0.05, 0.1) is 5.56 Å². The molecular weight excluding hydrogens is 380 g/mol. The van der Waals surface area contributed by atoms with Gasteiger partial charge in [0.25, 0.3) is 11.8 Å². The van der Waals surface area contributed by atoms with E-state index in [2.05, 4.69) is 29.0 Å². The third-order valence-corrected chi connectivity index (χ3v) is 3.51. The Morgan fingerprint density at radius 3 is 2.31 bits per heavy atom. The van der Waals surface area contributed by atoms with E-state index in [0.717, 1.165) is 12.1 Å². The molecule has 0 unspecified atom stereocenters. The minimum Gasteiger partial charge on any atom is -0.339 e. The van der Waals surface area contributed by atoms with Crippen LogP contribution in [0.3, 0.4) is 0 Å². The first-order chi connectivity index (χ1) is 13.4. The fourth-order valence-corrected chi connectivity index (χ4v) is 2.05. The molecule has 0 saturated carbocycles. The van der Waals surface area contributed by atoms with Crippen molar-refractivity contribution in [3.05, 3.63) is 70.8 Å². The summed E-state index contributed by atoms with van der Waals surface area (Å²) in [5.74, 6) is 7.38. The first kappa shape index (κ1) is 23.3. The number of nitrogens with one attached hydrogen (secondary N) is 2. The molecule has 29 heavy (non-hydrogen) atoms. The van der Waals surface area contributed by atoms with Crippen LogP contribution in [-0.4, -0.2) is 29.6 Å². The van der Waals surface area contributed by atoms with Crippen molar-refractivity contribution in [3.63, 3.8) is 0 Å². The van der Waals surface area contributed by atoms with Gasteiger partial charge < -0.3 is 11.1 Å². The second-order valence-corrected chi connectivity index (χ2v) is 5.44. The van der Waals surface area contributed by atoms with Gasteiger partial charge in [0, 0.05) is 23.7 Å². The highest BCUT2D eigenvalue weighted by Gasteiger charge is 2.19. The minimum absolute atomic E-state index is 0. The molecule has 0 heterocycles. The standard InChI is InChI=1S/C20H15F2N3O3.CH4/c21-16-10-9-14(17(22)11-16)4-2-1-3-13-5-7-15(8-6-13)19(26)24-18(12-23)20(27)25-28;/h5-11,18,28H,12,23H2,(H,24,26)(H,25,27);1H4/t18-;/m0./s1. The van der Waals surface area contributed by atoms with Crippen molar-refractivity contribution in [1.29, 1.82) is 0 Å². The molecule has 2 amide bonds. The highest BCUT2D eigenvalue weighted by molar-refractivity contribution is 5.97. The van der Waals surface area contributed by atoms with Crippen LogP contribution in [0.4, 0.5) is 8.78 Å². The van der Waals surface area contributed by atoms with E-state index in [-0.39, 0.29) is 25.1 Å². The normalized spacial score (nSPS) is 10.2. The number of carbonyl (C=O) groups excluding carboxylic acids is 2. The number of nitrogens with two attached hydrogens (primary N) is 1. The van der Waals surface area contributed by atoms with Crippen LogP contribution in [0.15, 0.2) is 42.5 Å². The molecule has 0 fully saturated rings. The summed E-state index contributed by atoms with van der Waals surface area (Å²) in [4.78, 5) is 23.4. The third kappa shape index (κ3) is 6.74. The molecule has 0 spiro atoms. The van der Waals surface area contributed by atoms with Crippen LogP contribution >= 0.6 is 0 Å². The number of hydroxylamine groups is 1. The zero-order valence-corrected chi connectivity index (χ0v) is 14.4. The summed E-state index contributed by atoms with van der Waals surface area (Å²) in [5.41, 5.74) is 7.63. The van der Waals surface area contributed by atoms with E-state index in [1.165, 1.54) is 23.7 Å². The van der Waals surface area contributed by atoms with Gasteiger partial charge in [-0.3, -0.25) is 14.8 Å². The molecule has 6 nitrogen and oxygen atoms in total. The smallest absolute Gasteiger partial charge is 0.267 e. The number of halogens is 2. The van der Waals surface area contributed by atoms with Crippen LogP contribution in [0.25, 0.3) is 0 Å². The Morgan fingerprint density at radius 1 is 1.07 bits per heavy atom. The number of carbonyl (C=O) groups is 2. The summed E-state index contributed by atoms with van der Waals surface area (Å²) < 4.78 is 26.2. The van der Waals surface area contributed by atoms with Crippen molar-refractivity contribution >= 4 is 11.8 Å². The Balaban J connectivity index is 0.00000420. The SMILES string of the molecule is C.NC[C@H](NC(=O)c1ccc(C#CC#Cc2ccc(F)cc2F)cc1)C(=O)NO. The maximum absolute atomic E-state index is 13.4. The maximum Gasteiger partial charge on any atom is 0.267 e. The van der Waals surface area contributed by atoms with Crippen molar-refractivity contribution in [2.75, 3.05) is 6.54 Å². The van der Waals surface area contributed by atoms with Gasteiger partial charge in [-0.25, -0.2) is 14.3 Å². The van der Waals surface area contributed by atoms with Gasteiger partial charge in [-0.05, 0) is 54.2 Å². The van der Waals surface area contributed by atoms with E-state index in [9.17, 15) is 18.4 Å². The highest BCUT2D eigenvalue weighted by atomic mass is 19.1. The summed E-state index contributed by atoms with van der Waals surface area (Å²) in [5, 5.41) is 11.0. The van der Waals surface area contributed by atoms with Crippen LogP contribution in [0, 0.1) is 35.3 Å². The minimum atomic E-state index is -1.07. The lowest BCUT2D eigenvalue weighted by atomic mass is 10.1. The summed E-state index contributed by atoms with van der Waals surface area (Å²) >= 11 is 0. The van der Waals surface area contributed by atoms with Crippen molar-refractivity contribution in [1.82, 2.24) is 10.8 Å². The van der Waals surface area contributed by atoms with Crippen LogP contribution in [0.1, 0.15) is 28.9 Å². The zero-order chi connectivity index (χ0) is 20.5. The second-order valence-electron chi connectivity index (χ2n) is 5.44. The summed E-state index contributed by atoms with van der Waals surface area (Å²) in [7, 11) is 0. The van der Waals surface area contributed by atoms with Crippen molar-refractivity contribution in [2.45, 2.75) is 13.5 Å². The average Bonchev–Trinajstić information content (AvgIpc) is 2.70. The zero-order valence-electron chi connectivity index (χ0n) is 14.4. The molecule has 2 aromatic carbocycles. The highest BCUT2D eigenvalue weighted by Crippen LogP contribution is 2.07. The Kier molecular flexibility index (Phi) is 9.00. The van der Waals surface area contributed by atoms with Crippen LogP contribution in [0.2, 0.25) is 0 Å². The largest absolute Gasteiger partial charge is 0.339 e. The van der Waals surface area contributed by atoms with Crippen LogP contribution in [0.5, 0.6) is 0 Å². The molecule has 0 aliphatic heterocycles. The predicted octanol–water partition coefficient (Wildman–Crippen LogP) is 1.57. The topological polar surface area (TPSA) is 104 Å². The molecule has 8 heteroatoms. The molecule has 0 saturated heterocycles. The van der Waals surface area contributed by atoms with E-state index in [1.807, 2.05) is 0 Å². The predicted molar refractivity (Wildman–Crippen MR) is 104 cm³/mol. The fraction of sp³-hybridized carbons (Fsp3) is 0.143. The molecule has 0 radical (unpaired) electrons. The number of hydrogen-bond donors (Lipinski definition) is 4. The van der Waals surface area contributed by atoms with Gasteiger partial charge in [-0.15, -0.1) is 0 Å². The van der Waals surface area contributed by atoms with Crippen molar-refractivity contribution < 1.29 is 23.6 Å². The van der Waals surface area contributed by atoms with Gasteiger partial charge in [-0.2, -0.15) is 0 Å². The molecule has 0 aliphatic rings. The quantitative estimate of drug-likeness (QED) is 0.356. The van der Waals surface area contributed by atoms with E-state index >= 15 is 0 Å². The van der Waals surface area contributed by atoms with Gasteiger partial charge >= 0.3 is 0 Å². The molecule has 0 aliphatic carbocycles. The van der Waals surface area contributed by atoms with Gasteiger partial charge in [0.1, 0.15) is 17.7 Å². The van der Waals surface area contributed by atoms with Crippen molar-refractivity contribution in [2.24, 2.45) is 5.73 Å². The lowest BCUT2D eigenvalue weighted by molar-refractivity contribution is -0.130. The first-order valence-electron chi connectivity index (χ1n) is 7.96. The fourth-order valence-electron chi connectivity index (χ4n) is 2.05. The van der Waals surface area contributed by atoms with Gasteiger partial charge in [0.2, 0.25) is 0 Å². The Morgan fingerprint density at radius 2 is 1.72 bits per heavy atom. The molecule has 1 atom stereocenters. The lowest BCUT2D eigenvalue weighted by Gasteiger charge is -2.14. The van der Waals surface area contributed by atoms with E-state index in [0.29, 0.717) is 5.56 Å². The molecule has 150 valence electrons. The Labute approximate surface area is 167 Å². The summed E-state index contributed by atoms with van der Waals surface area (Å²) in [6.45, 7) is -0.186. The number of hydrogen-bond acceptors (Lipinski definition) is 4. The summed E-state index contributed by atoms with van der Waals surface area (Å²) in [6, 6.07) is 8.08. The Bertz CT molecular complexity index is 1000. The van der Waals surface area contributed by atoms with Gasteiger partial charge in [0.15, 0.2) is 0 Å². The molecule has 2 rings (SSSR count). The molecule has 2 aromatic rings. The van der Waals surface area contributed by atoms with E-state index in [1.54, 1.807) is 12.1 Å².